The highest BCUT2D eigenvalue weighted by atomic mass is 16.5. The minimum atomic E-state index is -0.759. The van der Waals surface area contributed by atoms with Crippen molar-refractivity contribution >= 4 is 11.9 Å². The summed E-state index contributed by atoms with van der Waals surface area (Å²) in [6, 6.07) is 4.10. The molecule has 2 rings (SSSR count). The molecule has 0 radical (unpaired) electrons. The fourth-order valence-corrected chi connectivity index (χ4v) is 2.93. The van der Waals surface area contributed by atoms with Crippen molar-refractivity contribution in [2.75, 3.05) is 19.7 Å². The average molecular weight is 319 g/mol. The first-order valence-corrected chi connectivity index (χ1v) is 8.09. The molecule has 0 aliphatic carbocycles. The smallest absolute Gasteiger partial charge is 0.306 e. The molecule has 126 valence electrons. The van der Waals surface area contributed by atoms with Crippen LogP contribution < -0.4 is 4.74 Å². The van der Waals surface area contributed by atoms with Crippen LogP contribution in [-0.4, -0.2) is 41.6 Å². The molecule has 1 saturated heterocycles. The molecule has 1 aliphatic rings. The summed E-state index contributed by atoms with van der Waals surface area (Å²) < 4.78 is 5.78. The van der Waals surface area contributed by atoms with Gasteiger partial charge in [0.1, 0.15) is 5.75 Å². The van der Waals surface area contributed by atoms with Crippen molar-refractivity contribution in [3.8, 4) is 5.75 Å². The van der Waals surface area contributed by atoms with Gasteiger partial charge in [0.2, 0.25) is 5.91 Å². The van der Waals surface area contributed by atoms with E-state index in [4.69, 9.17) is 9.84 Å². The topological polar surface area (TPSA) is 66.8 Å². The minimum Gasteiger partial charge on any atom is -0.493 e. The van der Waals surface area contributed by atoms with Gasteiger partial charge in [0.05, 0.1) is 18.9 Å². The number of ether oxygens (including phenoxy) is 1. The number of nitrogens with zero attached hydrogens (tertiary/aromatic N) is 1. The fourth-order valence-electron chi connectivity index (χ4n) is 2.93. The number of aryl methyl sites for hydroxylation is 2. The largest absolute Gasteiger partial charge is 0.493 e. The molecule has 1 aliphatic heterocycles. The van der Waals surface area contributed by atoms with Crippen LogP contribution in [0.2, 0.25) is 0 Å². The van der Waals surface area contributed by atoms with E-state index in [-0.39, 0.29) is 11.8 Å². The number of piperidine rings is 1. The zero-order valence-electron chi connectivity index (χ0n) is 14.1. The zero-order valence-corrected chi connectivity index (χ0v) is 14.1. The Balaban J connectivity index is 1.81. The van der Waals surface area contributed by atoms with Crippen LogP contribution in [0.4, 0.5) is 0 Å². The van der Waals surface area contributed by atoms with Gasteiger partial charge in [0, 0.05) is 13.1 Å². The Labute approximate surface area is 137 Å². The maximum absolute atomic E-state index is 12.2. The van der Waals surface area contributed by atoms with Crippen LogP contribution in [0, 0.1) is 26.7 Å². The molecular formula is C18H25NO4. The van der Waals surface area contributed by atoms with E-state index < -0.39 is 5.97 Å². The highest BCUT2D eigenvalue weighted by Gasteiger charge is 2.26. The maximum Gasteiger partial charge on any atom is 0.306 e. The van der Waals surface area contributed by atoms with Crippen LogP contribution in [0.15, 0.2) is 12.1 Å². The van der Waals surface area contributed by atoms with E-state index in [0.717, 1.165) is 16.9 Å². The van der Waals surface area contributed by atoms with Crippen molar-refractivity contribution in [1.29, 1.82) is 0 Å². The van der Waals surface area contributed by atoms with E-state index in [0.29, 0.717) is 39.0 Å². The van der Waals surface area contributed by atoms with Gasteiger partial charge in [-0.15, -0.1) is 0 Å². The lowest BCUT2D eigenvalue weighted by Gasteiger charge is -2.30. The Morgan fingerprint density at radius 1 is 1.22 bits per heavy atom. The zero-order chi connectivity index (χ0) is 17.0. The molecule has 1 N–H and O–H groups in total. The normalized spacial score (nSPS) is 15.5. The Morgan fingerprint density at radius 2 is 1.87 bits per heavy atom. The molecular weight excluding hydrogens is 294 g/mol. The van der Waals surface area contributed by atoms with Crippen molar-refractivity contribution in [2.45, 2.75) is 40.0 Å². The molecule has 1 fully saturated rings. The highest BCUT2D eigenvalue weighted by Crippen LogP contribution is 2.23. The second-order valence-electron chi connectivity index (χ2n) is 6.30. The lowest BCUT2D eigenvalue weighted by atomic mass is 9.97. The Kier molecular flexibility index (Phi) is 5.64. The van der Waals surface area contributed by atoms with Crippen LogP contribution in [0.3, 0.4) is 0 Å². The second-order valence-corrected chi connectivity index (χ2v) is 6.30. The molecule has 0 saturated carbocycles. The molecule has 1 amide bonds. The van der Waals surface area contributed by atoms with Crippen LogP contribution in [0.5, 0.6) is 5.75 Å². The summed E-state index contributed by atoms with van der Waals surface area (Å²) >= 11 is 0. The summed E-state index contributed by atoms with van der Waals surface area (Å²) in [7, 11) is 0. The van der Waals surface area contributed by atoms with E-state index in [9.17, 15) is 9.59 Å². The molecule has 0 atom stereocenters. The van der Waals surface area contributed by atoms with Crippen LogP contribution in [0.1, 0.15) is 36.0 Å². The number of hydrogen-bond donors (Lipinski definition) is 1. The fraction of sp³-hybridized carbons (Fsp3) is 0.556. The predicted octanol–water partition coefficient (Wildman–Crippen LogP) is 2.70. The van der Waals surface area contributed by atoms with Crippen LogP contribution in [-0.2, 0) is 9.59 Å². The van der Waals surface area contributed by atoms with Crippen molar-refractivity contribution in [3.05, 3.63) is 28.8 Å². The summed E-state index contributed by atoms with van der Waals surface area (Å²) in [5.74, 6) is -0.199. The van der Waals surface area contributed by atoms with Crippen molar-refractivity contribution in [3.63, 3.8) is 0 Å². The SMILES string of the molecule is Cc1cc(C)c(C)c(OCCC(=O)N2CCC(C(=O)O)CC2)c1. The Morgan fingerprint density at radius 3 is 2.48 bits per heavy atom. The summed E-state index contributed by atoms with van der Waals surface area (Å²) in [5, 5.41) is 8.98. The molecule has 1 heterocycles. The van der Waals surface area contributed by atoms with Crippen molar-refractivity contribution in [2.24, 2.45) is 5.92 Å². The highest BCUT2D eigenvalue weighted by molar-refractivity contribution is 5.77. The van der Waals surface area contributed by atoms with Gasteiger partial charge >= 0.3 is 5.97 Å². The molecule has 0 aromatic heterocycles. The number of hydrogen-bond acceptors (Lipinski definition) is 3. The Hall–Kier alpha value is -2.04. The molecule has 0 unspecified atom stereocenters. The monoisotopic (exact) mass is 319 g/mol. The standard InChI is InChI=1S/C18H25NO4/c1-12-10-13(2)14(3)16(11-12)23-9-6-17(20)19-7-4-15(5-8-19)18(21)22/h10-11,15H,4-9H2,1-3H3,(H,21,22). The van der Waals surface area contributed by atoms with Gasteiger partial charge in [-0.1, -0.05) is 6.07 Å². The van der Waals surface area contributed by atoms with Crippen molar-refractivity contribution in [1.82, 2.24) is 4.90 Å². The van der Waals surface area contributed by atoms with Gasteiger partial charge in [-0.05, 0) is 56.4 Å². The summed E-state index contributed by atoms with van der Waals surface area (Å²) in [4.78, 5) is 24.9. The van der Waals surface area contributed by atoms with Gasteiger partial charge in [0.15, 0.2) is 0 Å². The van der Waals surface area contributed by atoms with Gasteiger partial charge in [-0.25, -0.2) is 0 Å². The summed E-state index contributed by atoms with van der Waals surface area (Å²) in [5.41, 5.74) is 3.43. The molecule has 0 bridgehead atoms. The quantitative estimate of drug-likeness (QED) is 0.906. The first kappa shape index (κ1) is 17.3. The van der Waals surface area contributed by atoms with Crippen LogP contribution >= 0.6 is 0 Å². The summed E-state index contributed by atoms with van der Waals surface area (Å²) in [6.45, 7) is 7.49. The number of carboxylic acids is 1. The lowest BCUT2D eigenvalue weighted by molar-refractivity contribution is -0.145. The third kappa shape index (κ3) is 4.47. The number of carbonyl (C=O) groups is 2. The van der Waals surface area contributed by atoms with E-state index in [1.807, 2.05) is 26.8 Å². The van der Waals surface area contributed by atoms with E-state index in [2.05, 4.69) is 6.07 Å². The second kappa shape index (κ2) is 7.49. The minimum absolute atomic E-state index is 0.0378. The Bertz CT molecular complexity index is 589. The number of amides is 1. The lowest BCUT2D eigenvalue weighted by Crippen LogP contribution is -2.40. The third-order valence-corrected chi connectivity index (χ3v) is 4.53. The number of rotatable bonds is 5. The third-order valence-electron chi connectivity index (χ3n) is 4.53. The molecule has 0 spiro atoms. The van der Waals surface area contributed by atoms with E-state index in [1.165, 1.54) is 5.56 Å². The number of aliphatic carboxylic acids is 1. The van der Waals surface area contributed by atoms with E-state index in [1.54, 1.807) is 4.90 Å². The number of carbonyl (C=O) groups excluding carboxylic acids is 1. The number of benzene rings is 1. The van der Waals surface area contributed by atoms with Crippen LogP contribution in [0.25, 0.3) is 0 Å². The first-order chi connectivity index (χ1) is 10.9. The predicted molar refractivity (Wildman–Crippen MR) is 87.7 cm³/mol. The molecule has 1 aromatic carbocycles. The number of likely N-dealkylation sites (tertiary alicyclic amines) is 1. The first-order valence-electron chi connectivity index (χ1n) is 8.09. The average Bonchev–Trinajstić information content (AvgIpc) is 2.51. The van der Waals surface area contributed by atoms with Gasteiger partial charge < -0.3 is 14.7 Å². The van der Waals surface area contributed by atoms with E-state index >= 15 is 0 Å². The molecule has 1 aromatic rings. The molecule has 5 nitrogen and oxygen atoms in total. The maximum atomic E-state index is 12.2. The summed E-state index contributed by atoms with van der Waals surface area (Å²) in [6.07, 6.45) is 1.40. The number of carboxylic acid groups (broad SMARTS) is 1. The molecule has 5 heteroatoms. The van der Waals surface area contributed by atoms with Crippen molar-refractivity contribution < 1.29 is 19.4 Å². The van der Waals surface area contributed by atoms with Gasteiger partial charge in [-0.3, -0.25) is 9.59 Å². The van der Waals surface area contributed by atoms with Gasteiger partial charge in [0.25, 0.3) is 0 Å². The van der Waals surface area contributed by atoms with Gasteiger partial charge in [-0.2, -0.15) is 0 Å². The molecule has 23 heavy (non-hydrogen) atoms.